The average Bonchev–Trinajstić information content (AvgIpc) is 2.72. The molecule has 0 N–H and O–H groups in total. The lowest BCUT2D eigenvalue weighted by Crippen LogP contribution is -2.43. The predicted molar refractivity (Wildman–Crippen MR) is 99.4 cm³/mol. The van der Waals surface area contributed by atoms with Gasteiger partial charge in [-0.05, 0) is 38.3 Å². The molecule has 2 aliphatic rings. The molecule has 0 bridgehead atoms. The third-order valence-corrected chi connectivity index (χ3v) is 4.72. The van der Waals surface area contributed by atoms with E-state index in [1.54, 1.807) is 0 Å². The van der Waals surface area contributed by atoms with Crippen LogP contribution in [-0.2, 0) is 4.79 Å². The molecule has 1 fully saturated rings. The van der Waals surface area contributed by atoms with Gasteiger partial charge in [-0.2, -0.15) is 0 Å². The van der Waals surface area contributed by atoms with Crippen LogP contribution in [0.5, 0.6) is 0 Å². The van der Waals surface area contributed by atoms with Crippen molar-refractivity contribution in [2.45, 2.75) is 52.0 Å². The Balaban J connectivity index is 2.33. The second-order valence-electron chi connectivity index (χ2n) is 6.19. The minimum atomic E-state index is 0.0459. The second-order valence-corrected chi connectivity index (χ2v) is 7.21. The van der Waals surface area contributed by atoms with Crippen LogP contribution in [0.2, 0.25) is 0 Å². The highest BCUT2D eigenvalue weighted by Crippen LogP contribution is 2.24. The van der Waals surface area contributed by atoms with Crippen molar-refractivity contribution in [3.8, 4) is 0 Å². The molecule has 2 aliphatic heterocycles. The molecule has 1 atom stereocenters. The largest absolute Gasteiger partial charge is 0.335 e. The fraction of sp³-hybridized carbons (Fsp3) is 0.556. The molecule has 0 radical (unpaired) electrons. The minimum Gasteiger partial charge on any atom is -0.335 e. The van der Waals surface area contributed by atoms with Gasteiger partial charge in [0.2, 0.25) is 0 Å². The maximum Gasteiger partial charge on any atom is 0.272 e. The van der Waals surface area contributed by atoms with E-state index in [2.05, 4.69) is 41.3 Å². The van der Waals surface area contributed by atoms with Crippen molar-refractivity contribution >= 4 is 27.5 Å². The minimum absolute atomic E-state index is 0.0459. The second kappa shape index (κ2) is 7.95. The Bertz CT molecular complexity index is 577. The number of likely N-dealkylation sites (tertiary alicyclic amines) is 1. The van der Waals surface area contributed by atoms with E-state index in [1.165, 1.54) is 12.8 Å². The van der Waals surface area contributed by atoms with Gasteiger partial charge < -0.3 is 9.80 Å². The van der Waals surface area contributed by atoms with Gasteiger partial charge in [0.25, 0.3) is 5.91 Å². The molecule has 0 aliphatic carbocycles. The van der Waals surface area contributed by atoms with Crippen LogP contribution in [-0.4, -0.2) is 41.1 Å². The number of allylic oxidation sites excluding steroid dienone is 3. The van der Waals surface area contributed by atoms with Crippen molar-refractivity contribution in [3.63, 3.8) is 0 Å². The normalized spacial score (nSPS) is 24.2. The summed E-state index contributed by atoms with van der Waals surface area (Å²) in [6.07, 6.45) is 9.18. The summed E-state index contributed by atoms with van der Waals surface area (Å²) in [6.45, 7) is 8.90. The predicted octanol–water partition coefficient (Wildman–Crippen LogP) is 4.21. The molecule has 0 aromatic rings. The highest BCUT2D eigenvalue weighted by Gasteiger charge is 2.27. The van der Waals surface area contributed by atoms with Crippen LogP contribution in [0.3, 0.4) is 0 Å². The number of nitrogens with zero attached hydrogens (tertiary/aromatic N) is 3. The molecule has 1 unspecified atom stereocenters. The number of halogens is 1. The van der Waals surface area contributed by atoms with Gasteiger partial charge in [-0.1, -0.05) is 42.3 Å². The maximum atomic E-state index is 13.0. The summed E-state index contributed by atoms with van der Waals surface area (Å²) in [5.74, 6) is 0.793. The first-order valence-electron chi connectivity index (χ1n) is 8.34. The Kier molecular flexibility index (Phi) is 6.22. The van der Waals surface area contributed by atoms with Crippen LogP contribution >= 0.6 is 15.9 Å². The van der Waals surface area contributed by atoms with E-state index >= 15 is 0 Å². The van der Waals surface area contributed by atoms with Gasteiger partial charge >= 0.3 is 0 Å². The topological polar surface area (TPSA) is 35.9 Å². The first-order valence-corrected chi connectivity index (χ1v) is 9.13. The summed E-state index contributed by atoms with van der Waals surface area (Å²) in [4.78, 5) is 21.6. The fourth-order valence-corrected chi connectivity index (χ4v) is 3.28. The molecule has 126 valence electrons. The van der Waals surface area contributed by atoms with Gasteiger partial charge in [0, 0.05) is 29.8 Å². The van der Waals surface area contributed by atoms with Crippen LogP contribution in [0.1, 0.15) is 46.0 Å². The molecular weight excluding hydrogens is 354 g/mol. The van der Waals surface area contributed by atoms with Crippen molar-refractivity contribution in [2.24, 2.45) is 4.99 Å². The Labute approximate surface area is 147 Å². The van der Waals surface area contributed by atoms with Crippen LogP contribution < -0.4 is 0 Å². The standard InChI is InChI=1S/C18H26BrN3O/c1-5-15-12-16(20-17(21(15)4)11-13(2)19)18(23)22-10-8-6-7-9-14(22)3/h11-12,14H,2,5-10H2,1,3-4H3/b17-11-. The highest BCUT2D eigenvalue weighted by molar-refractivity contribution is 9.11. The van der Waals surface area contributed by atoms with E-state index in [0.29, 0.717) is 5.71 Å². The first kappa shape index (κ1) is 18.0. The molecule has 0 aromatic heterocycles. The third-order valence-electron chi connectivity index (χ3n) is 4.49. The van der Waals surface area contributed by atoms with Gasteiger partial charge in [0.05, 0.1) is 0 Å². The van der Waals surface area contributed by atoms with Crippen LogP contribution in [0.15, 0.2) is 39.7 Å². The van der Waals surface area contributed by atoms with Crippen LogP contribution in [0.25, 0.3) is 0 Å². The molecular formula is C18H26BrN3O. The van der Waals surface area contributed by atoms with E-state index in [0.717, 1.165) is 41.8 Å². The number of carbonyl (C=O) groups excluding carboxylic acids is 1. The van der Waals surface area contributed by atoms with Gasteiger partial charge in [-0.15, -0.1) is 0 Å². The maximum absolute atomic E-state index is 13.0. The average molecular weight is 380 g/mol. The van der Waals surface area contributed by atoms with Gasteiger partial charge in [0.15, 0.2) is 0 Å². The smallest absolute Gasteiger partial charge is 0.272 e. The van der Waals surface area contributed by atoms with Crippen LogP contribution in [0, 0.1) is 0 Å². The van der Waals surface area contributed by atoms with E-state index in [9.17, 15) is 4.79 Å². The molecule has 0 aromatic carbocycles. The molecule has 23 heavy (non-hydrogen) atoms. The van der Waals surface area contributed by atoms with Gasteiger partial charge in [0.1, 0.15) is 11.5 Å². The van der Waals surface area contributed by atoms with Crippen molar-refractivity contribution in [1.29, 1.82) is 0 Å². The lowest BCUT2D eigenvalue weighted by molar-refractivity contribution is -0.125. The number of hydrogen-bond donors (Lipinski definition) is 0. The molecule has 1 amide bonds. The zero-order valence-electron chi connectivity index (χ0n) is 14.3. The van der Waals surface area contributed by atoms with E-state index < -0.39 is 0 Å². The van der Waals surface area contributed by atoms with E-state index in [4.69, 9.17) is 0 Å². The molecule has 2 heterocycles. The molecule has 1 saturated heterocycles. The summed E-state index contributed by atoms with van der Waals surface area (Å²) in [6, 6.07) is 0.282. The third kappa shape index (κ3) is 4.34. The number of carbonyl (C=O) groups is 1. The number of aliphatic imine (C=N–C) groups is 1. The summed E-state index contributed by atoms with van der Waals surface area (Å²) in [7, 11) is 1.97. The molecule has 2 rings (SSSR count). The Morgan fingerprint density at radius 3 is 2.87 bits per heavy atom. The fourth-order valence-electron chi connectivity index (χ4n) is 3.07. The van der Waals surface area contributed by atoms with Gasteiger partial charge in [-0.25, -0.2) is 4.99 Å². The Morgan fingerprint density at radius 2 is 2.22 bits per heavy atom. The first-order chi connectivity index (χ1) is 10.9. The lowest BCUT2D eigenvalue weighted by Gasteiger charge is -2.31. The summed E-state index contributed by atoms with van der Waals surface area (Å²) in [5.41, 5.74) is 1.62. The van der Waals surface area contributed by atoms with Crippen molar-refractivity contribution in [2.75, 3.05) is 13.6 Å². The summed E-state index contributed by atoms with van der Waals surface area (Å²) < 4.78 is 0.746. The van der Waals surface area contributed by atoms with E-state index in [-0.39, 0.29) is 11.9 Å². The molecule has 4 nitrogen and oxygen atoms in total. The molecule has 5 heteroatoms. The summed E-state index contributed by atoms with van der Waals surface area (Å²) in [5, 5.41) is 0. The quantitative estimate of drug-likeness (QED) is 0.736. The Morgan fingerprint density at radius 1 is 1.48 bits per heavy atom. The van der Waals surface area contributed by atoms with Crippen LogP contribution in [0.4, 0.5) is 0 Å². The molecule has 0 spiro atoms. The zero-order valence-corrected chi connectivity index (χ0v) is 15.9. The Hall–Kier alpha value is -1.36. The number of hydrogen-bond acceptors (Lipinski definition) is 3. The monoisotopic (exact) mass is 379 g/mol. The molecule has 0 saturated carbocycles. The van der Waals surface area contributed by atoms with Crippen molar-refractivity contribution in [1.82, 2.24) is 9.80 Å². The zero-order chi connectivity index (χ0) is 17.0. The van der Waals surface area contributed by atoms with Gasteiger partial charge in [-0.3, -0.25) is 4.79 Å². The summed E-state index contributed by atoms with van der Waals surface area (Å²) >= 11 is 3.35. The van der Waals surface area contributed by atoms with E-state index in [1.807, 2.05) is 29.0 Å². The highest BCUT2D eigenvalue weighted by atomic mass is 79.9. The van der Waals surface area contributed by atoms with Crippen molar-refractivity contribution in [3.05, 3.63) is 34.7 Å². The van der Waals surface area contributed by atoms with Crippen molar-refractivity contribution < 1.29 is 4.79 Å². The SMILES string of the molecule is C=C(Br)/C=C1/N=C(C(=O)N2CCCCCC2C)C=C(CC)N1C. The number of amides is 1. The number of rotatable bonds is 3. The lowest BCUT2D eigenvalue weighted by atomic mass is 10.1.